The number of amides is 3. The second kappa shape index (κ2) is 10.4. The predicted molar refractivity (Wildman–Crippen MR) is 113 cm³/mol. The Hall–Kier alpha value is -3.35. The Morgan fingerprint density at radius 2 is 1.67 bits per heavy atom. The number of primary amides is 1. The van der Waals surface area contributed by atoms with E-state index in [4.69, 9.17) is 10.5 Å². The van der Waals surface area contributed by atoms with Crippen LogP contribution in [0, 0.1) is 5.92 Å². The molecule has 1 aliphatic heterocycles. The van der Waals surface area contributed by atoms with Crippen LogP contribution in [0.5, 0.6) is 5.75 Å². The van der Waals surface area contributed by atoms with Crippen LogP contribution in [0.3, 0.4) is 0 Å². The number of hydrogen-bond donors (Lipinski definition) is 2. The van der Waals surface area contributed by atoms with Crippen molar-refractivity contribution in [1.82, 2.24) is 10.2 Å². The number of likely N-dealkylation sites (tertiary alicyclic amines) is 1. The van der Waals surface area contributed by atoms with E-state index in [0.29, 0.717) is 44.6 Å². The quantitative estimate of drug-likeness (QED) is 0.697. The van der Waals surface area contributed by atoms with Crippen molar-refractivity contribution in [3.63, 3.8) is 0 Å². The van der Waals surface area contributed by atoms with Crippen molar-refractivity contribution in [1.29, 1.82) is 0 Å². The highest BCUT2D eigenvalue weighted by atomic mass is 16.5. The lowest BCUT2D eigenvalue weighted by Gasteiger charge is -2.30. The van der Waals surface area contributed by atoms with Gasteiger partial charge in [0.05, 0.1) is 13.0 Å². The van der Waals surface area contributed by atoms with Crippen LogP contribution in [0.2, 0.25) is 0 Å². The summed E-state index contributed by atoms with van der Waals surface area (Å²) in [5, 5.41) is 2.85. The smallest absolute Gasteiger partial charge is 0.253 e. The van der Waals surface area contributed by atoms with E-state index in [1.165, 1.54) is 0 Å². The molecule has 0 unspecified atom stereocenters. The van der Waals surface area contributed by atoms with Gasteiger partial charge < -0.3 is 20.7 Å². The van der Waals surface area contributed by atoms with Gasteiger partial charge in [-0.15, -0.1) is 0 Å². The minimum Gasteiger partial charge on any atom is -0.493 e. The molecule has 3 amide bonds. The minimum atomic E-state index is -0.292. The number of carbonyl (C=O) groups is 3. The van der Waals surface area contributed by atoms with Gasteiger partial charge in [0.15, 0.2) is 0 Å². The molecule has 0 aromatic heterocycles. The van der Waals surface area contributed by atoms with Gasteiger partial charge in [0.25, 0.3) is 5.91 Å². The zero-order valence-corrected chi connectivity index (χ0v) is 16.9. The average molecular weight is 409 g/mol. The molecular formula is C23H27N3O4. The molecule has 1 aliphatic rings. The van der Waals surface area contributed by atoms with Gasteiger partial charge in [0.1, 0.15) is 5.75 Å². The normalized spacial score (nSPS) is 14.2. The summed E-state index contributed by atoms with van der Waals surface area (Å²) in [5.74, 6) is 0.164. The van der Waals surface area contributed by atoms with E-state index in [1.54, 1.807) is 17.0 Å². The highest BCUT2D eigenvalue weighted by Gasteiger charge is 2.26. The third kappa shape index (κ3) is 6.07. The lowest BCUT2D eigenvalue weighted by Crippen LogP contribution is -2.41. The third-order valence-corrected chi connectivity index (χ3v) is 5.22. The Morgan fingerprint density at radius 3 is 2.30 bits per heavy atom. The monoisotopic (exact) mass is 409 g/mol. The molecule has 1 saturated heterocycles. The van der Waals surface area contributed by atoms with Crippen LogP contribution in [0.1, 0.15) is 35.2 Å². The van der Waals surface area contributed by atoms with E-state index < -0.39 is 0 Å². The molecular weight excluding hydrogens is 382 g/mol. The molecule has 7 nitrogen and oxygen atoms in total. The predicted octanol–water partition coefficient (Wildman–Crippen LogP) is 2.11. The number of benzene rings is 2. The molecule has 0 radical (unpaired) electrons. The average Bonchev–Trinajstić information content (AvgIpc) is 2.78. The lowest BCUT2D eigenvalue weighted by atomic mass is 9.96. The second-order valence-corrected chi connectivity index (χ2v) is 7.35. The summed E-state index contributed by atoms with van der Waals surface area (Å²) in [4.78, 5) is 37.6. The number of nitrogens with two attached hydrogens (primary N) is 1. The molecule has 1 fully saturated rings. The summed E-state index contributed by atoms with van der Waals surface area (Å²) >= 11 is 0. The summed E-state index contributed by atoms with van der Waals surface area (Å²) < 4.78 is 5.52. The first-order chi connectivity index (χ1) is 14.5. The highest BCUT2D eigenvalue weighted by Crippen LogP contribution is 2.19. The van der Waals surface area contributed by atoms with Gasteiger partial charge in [0.2, 0.25) is 11.8 Å². The molecule has 0 atom stereocenters. The van der Waals surface area contributed by atoms with Gasteiger partial charge in [-0.3, -0.25) is 14.4 Å². The third-order valence-electron chi connectivity index (χ3n) is 5.22. The van der Waals surface area contributed by atoms with Crippen molar-refractivity contribution >= 4 is 17.7 Å². The molecule has 1 heterocycles. The van der Waals surface area contributed by atoms with E-state index in [-0.39, 0.29) is 30.1 Å². The van der Waals surface area contributed by atoms with Crippen molar-refractivity contribution in [3.8, 4) is 5.75 Å². The van der Waals surface area contributed by atoms with Crippen LogP contribution in [0.25, 0.3) is 0 Å². The van der Waals surface area contributed by atoms with Crippen molar-refractivity contribution in [2.45, 2.75) is 25.8 Å². The largest absolute Gasteiger partial charge is 0.493 e. The van der Waals surface area contributed by atoms with Gasteiger partial charge >= 0.3 is 0 Å². The maximum absolute atomic E-state index is 12.6. The van der Waals surface area contributed by atoms with Gasteiger partial charge in [0, 0.05) is 31.1 Å². The van der Waals surface area contributed by atoms with Crippen LogP contribution in [0.15, 0.2) is 54.6 Å². The number of ether oxygens (including phenoxy) is 1. The number of nitrogens with one attached hydrogen (secondary N) is 1. The Balaban J connectivity index is 1.40. The van der Waals surface area contributed by atoms with Crippen molar-refractivity contribution in [2.75, 3.05) is 19.7 Å². The molecule has 0 aliphatic carbocycles. The fraction of sp³-hybridized carbons (Fsp3) is 0.348. The molecule has 2 aromatic carbocycles. The fourth-order valence-corrected chi connectivity index (χ4v) is 3.38. The molecule has 0 spiro atoms. The van der Waals surface area contributed by atoms with Crippen LogP contribution >= 0.6 is 0 Å². The molecule has 30 heavy (non-hydrogen) atoms. The van der Waals surface area contributed by atoms with Crippen LogP contribution < -0.4 is 15.8 Å². The number of piperidine rings is 1. The number of carbonyl (C=O) groups excluding carboxylic acids is 3. The van der Waals surface area contributed by atoms with E-state index >= 15 is 0 Å². The molecule has 0 bridgehead atoms. The maximum Gasteiger partial charge on any atom is 0.253 e. The fourth-order valence-electron chi connectivity index (χ4n) is 3.38. The second-order valence-electron chi connectivity index (χ2n) is 7.35. The number of nitrogens with zero attached hydrogens (tertiary/aromatic N) is 1. The van der Waals surface area contributed by atoms with Gasteiger partial charge in [-0.2, -0.15) is 0 Å². The first-order valence-corrected chi connectivity index (χ1v) is 10.1. The molecule has 7 heteroatoms. The minimum absolute atomic E-state index is 0.0495. The summed E-state index contributed by atoms with van der Waals surface area (Å²) in [5.41, 5.74) is 6.85. The van der Waals surface area contributed by atoms with Gasteiger partial charge in [-0.1, -0.05) is 30.3 Å². The number of rotatable bonds is 8. The van der Waals surface area contributed by atoms with E-state index in [1.807, 2.05) is 42.5 Å². The van der Waals surface area contributed by atoms with Crippen molar-refractivity contribution in [3.05, 3.63) is 65.7 Å². The Morgan fingerprint density at radius 1 is 1.00 bits per heavy atom. The lowest BCUT2D eigenvalue weighted by molar-refractivity contribution is -0.123. The van der Waals surface area contributed by atoms with E-state index in [0.717, 1.165) is 11.3 Å². The summed E-state index contributed by atoms with van der Waals surface area (Å²) in [6.07, 6.45) is 1.49. The molecule has 0 saturated carbocycles. The molecule has 3 rings (SSSR count). The van der Waals surface area contributed by atoms with E-state index in [2.05, 4.69) is 5.32 Å². The van der Waals surface area contributed by atoms with Gasteiger partial charge in [-0.25, -0.2) is 0 Å². The molecule has 2 aromatic rings. The van der Waals surface area contributed by atoms with Crippen LogP contribution in [0.4, 0.5) is 0 Å². The topological polar surface area (TPSA) is 102 Å². The zero-order chi connectivity index (χ0) is 21.3. The molecule has 3 N–H and O–H groups in total. The highest BCUT2D eigenvalue weighted by molar-refractivity contribution is 5.94. The van der Waals surface area contributed by atoms with Crippen LogP contribution in [-0.2, 0) is 16.1 Å². The van der Waals surface area contributed by atoms with Crippen molar-refractivity contribution < 1.29 is 19.1 Å². The van der Waals surface area contributed by atoms with E-state index in [9.17, 15) is 14.4 Å². The van der Waals surface area contributed by atoms with Crippen LogP contribution in [-0.4, -0.2) is 42.3 Å². The number of hydrogen-bond acceptors (Lipinski definition) is 4. The zero-order valence-electron chi connectivity index (χ0n) is 16.9. The Labute approximate surface area is 176 Å². The Bertz CT molecular complexity index is 860. The first-order valence-electron chi connectivity index (χ1n) is 10.1. The maximum atomic E-state index is 12.6. The van der Waals surface area contributed by atoms with Gasteiger partial charge in [-0.05, 0) is 42.7 Å². The summed E-state index contributed by atoms with van der Waals surface area (Å²) in [6.45, 7) is 1.78. The summed E-state index contributed by atoms with van der Waals surface area (Å²) in [6, 6.07) is 16.6. The summed E-state index contributed by atoms with van der Waals surface area (Å²) in [7, 11) is 0. The first kappa shape index (κ1) is 21.4. The standard InChI is InChI=1S/C23H27N3O4/c24-22(28)18-10-13-26(14-11-18)23(29)19-8-6-17(7-9-19)16-25-21(27)12-15-30-20-4-2-1-3-5-20/h1-9,18H,10-16H2,(H2,24,28)(H,25,27). The molecule has 158 valence electrons. The van der Waals surface area contributed by atoms with Crippen molar-refractivity contribution in [2.24, 2.45) is 11.7 Å². The SMILES string of the molecule is NC(=O)C1CCN(C(=O)c2ccc(CNC(=O)CCOc3ccccc3)cc2)CC1. The number of para-hydroxylation sites is 1. The Kier molecular flexibility index (Phi) is 7.43.